The Kier molecular flexibility index (Phi) is 3.02. The van der Waals surface area contributed by atoms with Crippen LogP contribution in [0.3, 0.4) is 0 Å². The minimum absolute atomic E-state index is 0.242. The summed E-state index contributed by atoms with van der Waals surface area (Å²) in [5, 5.41) is 10.8. The highest BCUT2D eigenvalue weighted by molar-refractivity contribution is 6.30. The quantitative estimate of drug-likeness (QED) is 0.821. The first-order valence-corrected chi connectivity index (χ1v) is 5.70. The van der Waals surface area contributed by atoms with Crippen molar-refractivity contribution in [2.75, 3.05) is 6.61 Å². The van der Waals surface area contributed by atoms with Crippen molar-refractivity contribution >= 4 is 17.6 Å². The van der Waals surface area contributed by atoms with Crippen LogP contribution in [0.25, 0.3) is 0 Å². The summed E-state index contributed by atoms with van der Waals surface area (Å²) in [6.45, 7) is 3.46. The largest absolute Gasteiger partial charge is 0.475 e. The van der Waals surface area contributed by atoms with Gasteiger partial charge in [-0.1, -0.05) is 17.7 Å². The summed E-state index contributed by atoms with van der Waals surface area (Å²) in [6, 6.07) is 4.87. The summed E-state index contributed by atoms with van der Waals surface area (Å²) in [5.74, 6) is -0.162. The van der Waals surface area contributed by atoms with Crippen LogP contribution < -0.4 is 4.74 Å². The maximum atomic E-state index is 11.7. The number of hydrogen-bond acceptors (Lipinski definition) is 4. The predicted octanol–water partition coefficient (Wildman–Crippen LogP) is 1.87. The number of carbonyl (C=O) groups excluding carboxylic acids is 1. The maximum Gasteiger partial charge on any atom is 0.350 e. The summed E-state index contributed by atoms with van der Waals surface area (Å²) >= 11 is 5.83. The highest BCUT2D eigenvalue weighted by atomic mass is 35.5. The molecule has 0 bridgehead atoms. The van der Waals surface area contributed by atoms with E-state index in [1.807, 2.05) is 0 Å². The number of rotatable bonds is 2. The molecule has 0 saturated carbocycles. The molecule has 0 fully saturated rings. The standard InChI is InChI=1S/C12H13ClO4/c1-3-16-11(14)10-12(2,15)8-5-4-7(13)6-9(8)17-10/h4-6,10,15H,3H2,1-2H3/t10-,12-/m1/s1. The zero-order valence-electron chi connectivity index (χ0n) is 9.57. The monoisotopic (exact) mass is 256 g/mol. The van der Waals surface area contributed by atoms with Crippen molar-refractivity contribution in [1.29, 1.82) is 0 Å². The average molecular weight is 257 g/mol. The molecule has 0 radical (unpaired) electrons. The summed E-state index contributed by atoms with van der Waals surface area (Å²) < 4.78 is 10.3. The van der Waals surface area contributed by atoms with E-state index in [-0.39, 0.29) is 6.61 Å². The van der Waals surface area contributed by atoms with E-state index in [9.17, 15) is 9.90 Å². The van der Waals surface area contributed by atoms with Crippen molar-refractivity contribution in [3.05, 3.63) is 28.8 Å². The normalized spacial score (nSPS) is 26.2. The van der Waals surface area contributed by atoms with Gasteiger partial charge in [0.2, 0.25) is 6.10 Å². The molecule has 2 atom stereocenters. The van der Waals surface area contributed by atoms with E-state index in [4.69, 9.17) is 21.1 Å². The van der Waals surface area contributed by atoms with Gasteiger partial charge in [-0.25, -0.2) is 4.79 Å². The van der Waals surface area contributed by atoms with Crippen LogP contribution in [0.4, 0.5) is 0 Å². The van der Waals surface area contributed by atoms with Gasteiger partial charge in [0.05, 0.1) is 6.61 Å². The number of aliphatic hydroxyl groups is 1. The number of esters is 1. The molecule has 1 heterocycles. The Hall–Kier alpha value is -1.26. The number of hydrogen-bond donors (Lipinski definition) is 1. The summed E-state index contributed by atoms with van der Waals surface area (Å²) in [5.41, 5.74) is -0.855. The number of benzene rings is 1. The SMILES string of the molecule is CCOC(=O)[C@H]1Oc2cc(Cl)ccc2[C@@]1(C)O. The summed E-state index contributed by atoms with van der Waals surface area (Å²) in [4.78, 5) is 11.7. The molecular weight excluding hydrogens is 244 g/mol. The Labute approximate surface area is 104 Å². The zero-order chi connectivity index (χ0) is 12.6. The van der Waals surface area contributed by atoms with E-state index < -0.39 is 17.7 Å². The van der Waals surface area contributed by atoms with Gasteiger partial charge in [0.15, 0.2) is 0 Å². The lowest BCUT2D eigenvalue weighted by Gasteiger charge is -2.22. The molecule has 0 unspecified atom stereocenters. The van der Waals surface area contributed by atoms with E-state index in [1.54, 1.807) is 25.1 Å². The number of fused-ring (bicyclic) bond motifs is 1. The van der Waals surface area contributed by atoms with Crippen molar-refractivity contribution in [2.45, 2.75) is 25.6 Å². The lowest BCUT2D eigenvalue weighted by Crippen LogP contribution is -2.42. The molecule has 5 heteroatoms. The second kappa shape index (κ2) is 4.20. The zero-order valence-corrected chi connectivity index (χ0v) is 10.3. The van der Waals surface area contributed by atoms with Gasteiger partial charge in [-0.3, -0.25) is 0 Å². The molecule has 2 rings (SSSR count). The van der Waals surface area contributed by atoms with Gasteiger partial charge >= 0.3 is 5.97 Å². The molecule has 4 nitrogen and oxygen atoms in total. The summed E-state index contributed by atoms with van der Waals surface area (Å²) in [7, 11) is 0. The molecule has 1 aliphatic heterocycles. The Bertz CT molecular complexity index is 456. The fraction of sp³-hybridized carbons (Fsp3) is 0.417. The van der Waals surface area contributed by atoms with Gasteiger partial charge in [-0.15, -0.1) is 0 Å². The van der Waals surface area contributed by atoms with Gasteiger partial charge < -0.3 is 14.6 Å². The predicted molar refractivity (Wildman–Crippen MR) is 62.1 cm³/mol. The van der Waals surface area contributed by atoms with Crippen LogP contribution in [0.2, 0.25) is 5.02 Å². The van der Waals surface area contributed by atoms with Crippen molar-refractivity contribution in [1.82, 2.24) is 0 Å². The Balaban J connectivity index is 2.35. The van der Waals surface area contributed by atoms with E-state index >= 15 is 0 Å². The second-order valence-electron chi connectivity index (χ2n) is 4.04. The molecule has 17 heavy (non-hydrogen) atoms. The lowest BCUT2D eigenvalue weighted by atomic mass is 9.92. The van der Waals surface area contributed by atoms with E-state index in [0.29, 0.717) is 16.3 Å². The van der Waals surface area contributed by atoms with Crippen molar-refractivity contribution in [3.8, 4) is 5.75 Å². The van der Waals surface area contributed by atoms with Crippen molar-refractivity contribution in [2.24, 2.45) is 0 Å². The Morgan fingerprint density at radius 1 is 1.65 bits per heavy atom. The van der Waals surface area contributed by atoms with Crippen LogP contribution in [-0.4, -0.2) is 23.8 Å². The Morgan fingerprint density at radius 2 is 2.35 bits per heavy atom. The van der Waals surface area contributed by atoms with E-state index in [2.05, 4.69) is 0 Å². The van der Waals surface area contributed by atoms with E-state index in [1.165, 1.54) is 6.92 Å². The fourth-order valence-corrected chi connectivity index (χ4v) is 2.05. The van der Waals surface area contributed by atoms with Crippen LogP contribution in [-0.2, 0) is 15.1 Å². The molecular formula is C12H13ClO4. The molecule has 1 aromatic carbocycles. The first kappa shape index (κ1) is 12.2. The van der Waals surface area contributed by atoms with Crippen LogP contribution >= 0.6 is 11.6 Å². The van der Waals surface area contributed by atoms with Crippen molar-refractivity contribution in [3.63, 3.8) is 0 Å². The van der Waals surface area contributed by atoms with Crippen LogP contribution in [0, 0.1) is 0 Å². The first-order chi connectivity index (χ1) is 7.96. The fourth-order valence-electron chi connectivity index (χ4n) is 1.89. The van der Waals surface area contributed by atoms with E-state index in [0.717, 1.165) is 0 Å². The number of halogens is 1. The number of ether oxygens (including phenoxy) is 2. The summed E-state index contributed by atoms with van der Waals surface area (Å²) in [6.07, 6.45) is -1.05. The smallest absolute Gasteiger partial charge is 0.350 e. The van der Waals surface area contributed by atoms with Crippen molar-refractivity contribution < 1.29 is 19.4 Å². The molecule has 92 valence electrons. The molecule has 1 aliphatic rings. The molecule has 0 saturated heterocycles. The molecule has 0 amide bonds. The molecule has 1 N–H and O–H groups in total. The number of carbonyl (C=O) groups is 1. The third-order valence-corrected chi connectivity index (χ3v) is 2.98. The molecule has 0 aliphatic carbocycles. The van der Waals surface area contributed by atoms with Gasteiger partial charge in [0, 0.05) is 10.6 Å². The maximum absolute atomic E-state index is 11.7. The highest BCUT2D eigenvalue weighted by Gasteiger charge is 2.49. The first-order valence-electron chi connectivity index (χ1n) is 5.32. The van der Waals surface area contributed by atoms with Gasteiger partial charge in [-0.2, -0.15) is 0 Å². The van der Waals surface area contributed by atoms with Gasteiger partial charge in [0.25, 0.3) is 0 Å². The lowest BCUT2D eigenvalue weighted by molar-refractivity contribution is -0.161. The van der Waals surface area contributed by atoms with Gasteiger partial charge in [0.1, 0.15) is 11.4 Å². The molecule has 1 aromatic rings. The van der Waals surface area contributed by atoms with Gasteiger partial charge in [-0.05, 0) is 26.0 Å². The van der Waals surface area contributed by atoms with Crippen LogP contribution in [0.1, 0.15) is 19.4 Å². The van der Waals surface area contributed by atoms with Crippen LogP contribution in [0.5, 0.6) is 5.75 Å². The third kappa shape index (κ3) is 1.98. The topological polar surface area (TPSA) is 55.8 Å². The Morgan fingerprint density at radius 3 is 3.00 bits per heavy atom. The minimum Gasteiger partial charge on any atom is -0.475 e. The minimum atomic E-state index is -1.40. The van der Waals surface area contributed by atoms with Crippen LogP contribution in [0.15, 0.2) is 18.2 Å². The third-order valence-electron chi connectivity index (χ3n) is 2.74. The average Bonchev–Trinajstić information content (AvgIpc) is 2.50. The molecule has 0 spiro atoms. The molecule has 0 aromatic heterocycles. The highest BCUT2D eigenvalue weighted by Crippen LogP contribution is 2.42. The second-order valence-corrected chi connectivity index (χ2v) is 4.47.